The minimum atomic E-state index is 0. The highest BCUT2D eigenvalue weighted by Crippen LogP contribution is 2.17. The maximum Gasteiger partial charge on any atom is 0.167 e. The van der Waals surface area contributed by atoms with Crippen molar-refractivity contribution in [2.45, 2.75) is 6.42 Å². The molecular formula is C10H8NO. The molecule has 2 nitrogen and oxygen atoms in total. The zero-order valence-electron chi connectivity index (χ0n) is 6.53. The molecule has 0 aliphatic heterocycles. The number of ketones is 1. The summed E-state index contributed by atoms with van der Waals surface area (Å²) in [5.74, 6) is 0.225. The molecule has 0 heterocycles. The lowest BCUT2D eigenvalue weighted by atomic mass is 9.97. The third kappa shape index (κ3) is 1.29. The summed E-state index contributed by atoms with van der Waals surface area (Å²) in [5, 5.41) is 0. The van der Waals surface area contributed by atoms with Crippen LogP contribution in [0.15, 0.2) is 30.3 Å². The lowest BCUT2D eigenvalue weighted by molar-refractivity contribution is 0.0994. The Kier molecular flexibility index (Phi) is 2.41. The van der Waals surface area contributed by atoms with E-state index in [-0.39, 0.29) is 11.9 Å². The van der Waals surface area contributed by atoms with Crippen LogP contribution in [0.1, 0.15) is 22.3 Å². The van der Waals surface area contributed by atoms with Crippen molar-refractivity contribution >= 4 is 11.9 Å². The van der Waals surface area contributed by atoms with E-state index in [1.807, 2.05) is 36.4 Å². The normalized spacial score (nSPS) is 13.5. The smallest absolute Gasteiger partial charge is 0.167 e. The highest BCUT2D eigenvalue weighted by atomic mass is 16.1. The molecule has 1 aromatic carbocycles. The van der Waals surface area contributed by atoms with Crippen LogP contribution in [0.4, 0.5) is 0 Å². The van der Waals surface area contributed by atoms with E-state index < -0.39 is 0 Å². The summed E-state index contributed by atoms with van der Waals surface area (Å²) in [6.07, 6.45) is 4.46. The van der Waals surface area contributed by atoms with Crippen LogP contribution < -0.4 is 6.15 Å². The first-order chi connectivity index (χ1) is 5.38. The van der Waals surface area contributed by atoms with Crippen molar-refractivity contribution < 1.29 is 4.79 Å². The Morgan fingerprint density at radius 1 is 1.17 bits per heavy atom. The standard InChI is InChI=1S/C10H8O.N/c11-10-7-3-5-8-4-1-2-6-9(8)10;/h1-6H,7H2;. The summed E-state index contributed by atoms with van der Waals surface area (Å²) in [7, 11) is 0. The van der Waals surface area contributed by atoms with E-state index in [1.165, 1.54) is 0 Å². The maximum absolute atomic E-state index is 11.2. The lowest BCUT2D eigenvalue weighted by Gasteiger charge is -2.07. The third-order valence-corrected chi connectivity index (χ3v) is 1.86. The van der Waals surface area contributed by atoms with E-state index in [9.17, 15) is 4.79 Å². The van der Waals surface area contributed by atoms with Gasteiger partial charge in [0.1, 0.15) is 0 Å². The van der Waals surface area contributed by atoms with Gasteiger partial charge < -0.3 is 0 Å². The molecule has 59 valence electrons. The Morgan fingerprint density at radius 2 is 1.92 bits per heavy atom. The third-order valence-electron chi connectivity index (χ3n) is 1.86. The quantitative estimate of drug-likeness (QED) is 0.568. The summed E-state index contributed by atoms with van der Waals surface area (Å²) >= 11 is 0. The van der Waals surface area contributed by atoms with Gasteiger partial charge in [0.25, 0.3) is 0 Å². The van der Waals surface area contributed by atoms with Crippen LogP contribution in [0.2, 0.25) is 0 Å². The number of carbonyl (C=O) groups is 1. The molecule has 0 unspecified atom stereocenters. The van der Waals surface area contributed by atoms with Crippen molar-refractivity contribution in [1.29, 1.82) is 0 Å². The number of Topliss-reactive ketones (excluding diaryl/α,β-unsaturated/α-hetero) is 1. The number of carbonyl (C=O) groups excluding carboxylic acids is 1. The fraction of sp³-hybridized carbons (Fsp3) is 0.100. The minimum absolute atomic E-state index is 0. The van der Waals surface area contributed by atoms with Gasteiger partial charge in [-0.25, -0.2) is 0 Å². The van der Waals surface area contributed by atoms with Gasteiger partial charge >= 0.3 is 0 Å². The molecule has 0 bridgehead atoms. The minimum Gasteiger partial charge on any atom is -0.294 e. The van der Waals surface area contributed by atoms with Gasteiger partial charge in [0.2, 0.25) is 0 Å². The summed E-state index contributed by atoms with van der Waals surface area (Å²) in [6.45, 7) is 0. The zero-order valence-corrected chi connectivity index (χ0v) is 6.53. The fourth-order valence-electron chi connectivity index (χ4n) is 1.30. The van der Waals surface area contributed by atoms with Gasteiger partial charge in [-0.1, -0.05) is 36.4 Å². The van der Waals surface area contributed by atoms with Crippen molar-refractivity contribution in [3.63, 3.8) is 0 Å². The second kappa shape index (κ2) is 3.32. The second-order valence-electron chi connectivity index (χ2n) is 2.62. The molecule has 0 saturated carbocycles. The first kappa shape index (κ1) is 8.68. The van der Waals surface area contributed by atoms with E-state index in [4.69, 9.17) is 0 Å². The molecule has 0 aromatic heterocycles. The average Bonchev–Trinajstić information content (AvgIpc) is 2.06. The lowest BCUT2D eigenvalue weighted by Crippen LogP contribution is -2.02. The van der Waals surface area contributed by atoms with E-state index in [0.29, 0.717) is 6.42 Å². The number of allylic oxidation sites excluding steroid dienone is 1. The highest BCUT2D eigenvalue weighted by molar-refractivity contribution is 6.02. The Labute approximate surface area is 71.5 Å². The molecule has 1 aromatic rings. The fourth-order valence-corrected chi connectivity index (χ4v) is 1.30. The molecule has 0 spiro atoms. The number of fused-ring (bicyclic) bond motifs is 1. The number of hydrogen-bond acceptors (Lipinski definition) is 1. The van der Waals surface area contributed by atoms with E-state index in [2.05, 4.69) is 0 Å². The van der Waals surface area contributed by atoms with E-state index in [1.54, 1.807) is 0 Å². The van der Waals surface area contributed by atoms with Gasteiger partial charge in [-0.05, 0) is 5.56 Å². The van der Waals surface area contributed by atoms with Crippen molar-refractivity contribution in [1.82, 2.24) is 6.15 Å². The Bertz CT molecular complexity index is 328. The van der Waals surface area contributed by atoms with Crippen molar-refractivity contribution in [2.24, 2.45) is 0 Å². The summed E-state index contributed by atoms with van der Waals surface area (Å²) in [6, 6.07) is 7.68. The molecule has 0 saturated heterocycles. The Morgan fingerprint density at radius 3 is 2.67 bits per heavy atom. The Hall–Kier alpha value is -1.41. The average molecular weight is 158 g/mol. The van der Waals surface area contributed by atoms with Gasteiger partial charge in [-0.3, -0.25) is 4.79 Å². The van der Waals surface area contributed by atoms with E-state index >= 15 is 0 Å². The van der Waals surface area contributed by atoms with Crippen LogP contribution >= 0.6 is 0 Å². The number of nitrogens with zero attached hydrogens (tertiary/aromatic N) is 1. The largest absolute Gasteiger partial charge is 0.294 e. The molecule has 12 heavy (non-hydrogen) atoms. The van der Waals surface area contributed by atoms with Crippen LogP contribution in [-0.4, -0.2) is 5.78 Å². The molecule has 2 rings (SSSR count). The SMILES string of the molecule is O=C1CC=Cc2ccccc21.[N]. The molecule has 3 radical (unpaired) electrons. The van der Waals surface area contributed by atoms with Crippen LogP contribution in [-0.2, 0) is 0 Å². The van der Waals surface area contributed by atoms with Crippen molar-refractivity contribution in [2.75, 3.05) is 0 Å². The van der Waals surface area contributed by atoms with Gasteiger partial charge in [-0.2, -0.15) is 0 Å². The Balaban J connectivity index is 0.000000720. The molecule has 0 atom stereocenters. The molecular weight excluding hydrogens is 150 g/mol. The molecule has 1 aliphatic rings. The molecule has 0 N–H and O–H groups in total. The van der Waals surface area contributed by atoms with Crippen LogP contribution in [0, 0.1) is 0 Å². The predicted molar refractivity (Wildman–Crippen MR) is 46.6 cm³/mol. The van der Waals surface area contributed by atoms with Gasteiger partial charge in [0, 0.05) is 18.1 Å². The van der Waals surface area contributed by atoms with Gasteiger partial charge in [0.15, 0.2) is 5.78 Å². The van der Waals surface area contributed by atoms with Crippen LogP contribution in [0.5, 0.6) is 0 Å². The number of benzene rings is 1. The molecule has 0 amide bonds. The summed E-state index contributed by atoms with van der Waals surface area (Å²) in [5.41, 5.74) is 1.90. The topological polar surface area (TPSA) is 47.6 Å². The second-order valence-corrected chi connectivity index (χ2v) is 2.62. The zero-order chi connectivity index (χ0) is 7.68. The first-order valence-corrected chi connectivity index (χ1v) is 3.67. The maximum atomic E-state index is 11.2. The predicted octanol–water partition coefficient (Wildman–Crippen LogP) is 1.81. The summed E-state index contributed by atoms with van der Waals surface area (Å²) < 4.78 is 0. The van der Waals surface area contributed by atoms with Crippen LogP contribution in [0.25, 0.3) is 6.08 Å². The number of hydrogen-bond donors (Lipinski definition) is 0. The molecule has 0 fully saturated rings. The molecule has 2 heteroatoms. The number of rotatable bonds is 0. The van der Waals surface area contributed by atoms with Crippen LogP contribution in [0.3, 0.4) is 0 Å². The highest BCUT2D eigenvalue weighted by Gasteiger charge is 2.10. The molecule has 1 aliphatic carbocycles. The van der Waals surface area contributed by atoms with Gasteiger partial charge in [-0.15, -0.1) is 0 Å². The van der Waals surface area contributed by atoms with E-state index in [0.717, 1.165) is 11.1 Å². The monoisotopic (exact) mass is 158 g/mol. The summed E-state index contributed by atoms with van der Waals surface area (Å²) in [4.78, 5) is 11.2. The first-order valence-electron chi connectivity index (χ1n) is 3.67. The van der Waals surface area contributed by atoms with Crippen molar-refractivity contribution in [3.8, 4) is 0 Å². The van der Waals surface area contributed by atoms with Crippen molar-refractivity contribution in [3.05, 3.63) is 41.5 Å². The van der Waals surface area contributed by atoms with Gasteiger partial charge in [0.05, 0.1) is 0 Å².